The van der Waals surface area contributed by atoms with Gasteiger partial charge in [-0.25, -0.2) is 0 Å². The summed E-state index contributed by atoms with van der Waals surface area (Å²) in [6.45, 7) is 11.3. The maximum absolute atomic E-state index is 3.48. The first-order valence-electron chi connectivity index (χ1n) is 7.05. The number of piperazine rings is 1. The number of nitrogens with zero attached hydrogens (tertiary/aromatic N) is 2. The zero-order valence-corrected chi connectivity index (χ0v) is 11.6. The van der Waals surface area contributed by atoms with E-state index in [2.05, 4.69) is 59.3 Å². The van der Waals surface area contributed by atoms with Crippen LogP contribution in [0.3, 0.4) is 0 Å². The number of nitrogens with one attached hydrogen (secondary N) is 1. The topological polar surface area (TPSA) is 18.5 Å². The second kappa shape index (κ2) is 6.76. The highest BCUT2D eigenvalue weighted by molar-refractivity contribution is 5.46. The molecule has 0 bridgehead atoms. The van der Waals surface area contributed by atoms with Crippen LogP contribution in [0.15, 0.2) is 30.3 Å². The van der Waals surface area contributed by atoms with Crippen LogP contribution in [0.25, 0.3) is 0 Å². The van der Waals surface area contributed by atoms with Gasteiger partial charge in [-0.1, -0.05) is 25.1 Å². The Bertz CT molecular complexity index is 331. The summed E-state index contributed by atoms with van der Waals surface area (Å²) in [6, 6.07) is 11.3. The maximum atomic E-state index is 3.48. The SMILES string of the molecule is CCNC(C)CN1CCN(c2ccccc2)CC1. The van der Waals surface area contributed by atoms with Gasteiger partial charge in [-0.3, -0.25) is 4.90 Å². The van der Waals surface area contributed by atoms with Gasteiger partial charge < -0.3 is 10.2 Å². The molecule has 1 aliphatic rings. The quantitative estimate of drug-likeness (QED) is 0.856. The number of likely N-dealkylation sites (N-methyl/N-ethyl adjacent to an activating group) is 1. The summed E-state index contributed by atoms with van der Waals surface area (Å²) in [5.74, 6) is 0. The van der Waals surface area contributed by atoms with Crippen molar-refractivity contribution in [2.24, 2.45) is 0 Å². The minimum Gasteiger partial charge on any atom is -0.369 e. The summed E-state index contributed by atoms with van der Waals surface area (Å²) in [6.07, 6.45) is 0. The van der Waals surface area contributed by atoms with Crippen LogP contribution >= 0.6 is 0 Å². The third-order valence-corrected chi connectivity index (χ3v) is 3.58. The summed E-state index contributed by atoms with van der Waals surface area (Å²) < 4.78 is 0. The van der Waals surface area contributed by atoms with E-state index in [0.717, 1.165) is 26.2 Å². The second-order valence-electron chi connectivity index (χ2n) is 5.08. The van der Waals surface area contributed by atoms with Gasteiger partial charge in [-0.05, 0) is 25.6 Å². The Morgan fingerprint density at radius 3 is 2.39 bits per heavy atom. The predicted octanol–water partition coefficient (Wildman–Crippen LogP) is 1.81. The molecule has 0 amide bonds. The van der Waals surface area contributed by atoms with Crippen molar-refractivity contribution >= 4 is 5.69 Å². The van der Waals surface area contributed by atoms with Gasteiger partial charge in [-0.2, -0.15) is 0 Å². The van der Waals surface area contributed by atoms with Crippen molar-refractivity contribution in [3.05, 3.63) is 30.3 Å². The number of rotatable bonds is 5. The normalized spacial score (nSPS) is 18.9. The van der Waals surface area contributed by atoms with Crippen molar-refractivity contribution in [1.29, 1.82) is 0 Å². The molecule has 100 valence electrons. The minimum atomic E-state index is 0.596. The largest absolute Gasteiger partial charge is 0.369 e. The maximum Gasteiger partial charge on any atom is 0.0367 e. The van der Waals surface area contributed by atoms with Gasteiger partial charge in [0.2, 0.25) is 0 Å². The second-order valence-corrected chi connectivity index (χ2v) is 5.08. The van der Waals surface area contributed by atoms with Crippen LogP contribution in [0, 0.1) is 0 Å². The number of anilines is 1. The van der Waals surface area contributed by atoms with Crippen LogP contribution in [0.1, 0.15) is 13.8 Å². The van der Waals surface area contributed by atoms with Crippen molar-refractivity contribution in [3.63, 3.8) is 0 Å². The van der Waals surface area contributed by atoms with E-state index in [1.54, 1.807) is 0 Å². The summed E-state index contributed by atoms with van der Waals surface area (Å²) in [5, 5.41) is 3.48. The first-order valence-corrected chi connectivity index (χ1v) is 7.05. The van der Waals surface area contributed by atoms with Crippen LogP contribution in [0.4, 0.5) is 5.69 Å². The third kappa shape index (κ3) is 3.72. The number of hydrogen-bond donors (Lipinski definition) is 1. The lowest BCUT2D eigenvalue weighted by molar-refractivity contribution is 0.235. The van der Waals surface area contributed by atoms with Crippen LogP contribution in [-0.4, -0.2) is 50.2 Å². The summed E-state index contributed by atoms with van der Waals surface area (Å²) >= 11 is 0. The smallest absolute Gasteiger partial charge is 0.0367 e. The van der Waals surface area contributed by atoms with Gasteiger partial charge in [0.15, 0.2) is 0 Å². The van der Waals surface area contributed by atoms with E-state index in [0.29, 0.717) is 6.04 Å². The average molecular weight is 247 g/mol. The molecule has 1 fully saturated rings. The molecule has 3 nitrogen and oxygen atoms in total. The molecule has 1 aromatic rings. The lowest BCUT2D eigenvalue weighted by Gasteiger charge is -2.37. The Morgan fingerprint density at radius 1 is 1.11 bits per heavy atom. The van der Waals surface area contributed by atoms with E-state index in [1.165, 1.54) is 18.8 Å². The first kappa shape index (κ1) is 13.4. The summed E-state index contributed by atoms with van der Waals surface area (Å²) in [4.78, 5) is 5.04. The van der Waals surface area contributed by atoms with Gasteiger partial charge in [0.25, 0.3) is 0 Å². The predicted molar refractivity (Wildman–Crippen MR) is 78.2 cm³/mol. The molecule has 1 saturated heterocycles. The molecule has 3 heteroatoms. The fourth-order valence-electron chi connectivity index (χ4n) is 2.63. The molecule has 1 atom stereocenters. The zero-order valence-electron chi connectivity index (χ0n) is 11.6. The van der Waals surface area contributed by atoms with Crippen molar-refractivity contribution in [3.8, 4) is 0 Å². The molecule has 0 spiro atoms. The summed E-state index contributed by atoms with van der Waals surface area (Å²) in [5.41, 5.74) is 1.36. The molecule has 0 saturated carbocycles. The van der Waals surface area contributed by atoms with Crippen LogP contribution in [0.2, 0.25) is 0 Å². The average Bonchev–Trinajstić information content (AvgIpc) is 2.41. The fraction of sp³-hybridized carbons (Fsp3) is 0.600. The van der Waals surface area contributed by atoms with Crippen molar-refractivity contribution in [2.75, 3.05) is 44.2 Å². The monoisotopic (exact) mass is 247 g/mol. The van der Waals surface area contributed by atoms with E-state index in [-0.39, 0.29) is 0 Å². The highest BCUT2D eigenvalue weighted by atomic mass is 15.3. The van der Waals surface area contributed by atoms with Gasteiger partial charge in [-0.15, -0.1) is 0 Å². The third-order valence-electron chi connectivity index (χ3n) is 3.58. The van der Waals surface area contributed by atoms with Crippen molar-refractivity contribution < 1.29 is 0 Å². The highest BCUT2D eigenvalue weighted by Gasteiger charge is 2.18. The Balaban J connectivity index is 1.78. The molecule has 2 rings (SSSR count). The van der Waals surface area contributed by atoms with Gasteiger partial charge in [0, 0.05) is 44.5 Å². The van der Waals surface area contributed by atoms with E-state index in [1.807, 2.05) is 0 Å². The van der Waals surface area contributed by atoms with Gasteiger partial charge in [0.05, 0.1) is 0 Å². The highest BCUT2D eigenvalue weighted by Crippen LogP contribution is 2.15. The van der Waals surface area contributed by atoms with Crippen LogP contribution in [-0.2, 0) is 0 Å². The molecule has 0 radical (unpaired) electrons. The number of hydrogen-bond acceptors (Lipinski definition) is 3. The van der Waals surface area contributed by atoms with Gasteiger partial charge in [0.1, 0.15) is 0 Å². The standard InChI is InChI=1S/C15H25N3/c1-3-16-14(2)13-17-9-11-18(12-10-17)15-7-5-4-6-8-15/h4-8,14,16H,3,9-13H2,1-2H3. The van der Waals surface area contributed by atoms with E-state index in [4.69, 9.17) is 0 Å². The van der Waals surface area contributed by atoms with E-state index in [9.17, 15) is 0 Å². The number of para-hydroxylation sites is 1. The van der Waals surface area contributed by atoms with Crippen molar-refractivity contribution in [1.82, 2.24) is 10.2 Å². The molecule has 0 aromatic heterocycles. The Morgan fingerprint density at radius 2 is 1.78 bits per heavy atom. The molecule has 1 heterocycles. The Kier molecular flexibility index (Phi) is 5.02. The van der Waals surface area contributed by atoms with Crippen LogP contribution in [0.5, 0.6) is 0 Å². The molecular weight excluding hydrogens is 222 g/mol. The Labute approximate surface area is 111 Å². The Hall–Kier alpha value is -1.06. The lowest BCUT2D eigenvalue weighted by atomic mass is 10.2. The molecular formula is C15H25N3. The van der Waals surface area contributed by atoms with Gasteiger partial charge >= 0.3 is 0 Å². The molecule has 1 N–H and O–H groups in total. The van der Waals surface area contributed by atoms with E-state index >= 15 is 0 Å². The van der Waals surface area contributed by atoms with Crippen molar-refractivity contribution in [2.45, 2.75) is 19.9 Å². The minimum absolute atomic E-state index is 0.596. The first-order chi connectivity index (χ1) is 8.79. The molecule has 0 aliphatic carbocycles. The summed E-state index contributed by atoms with van der Waals surface area (Å²) in [7, 11) is 0. The molecule has 18 heavy (non-hydrogen) atoms. The fourth-order valence-corrected chi connectivity index (χ4v) is 2.63. The lowest BCUT2D eigenvalue weighted by Crippen LogP contribution is -2.50. The molecule has 1 unspecified atom stereocenters. The zero-order chi connectivity index (χ0) is 12.8. The molecule has 1 aromatic carbocycles. The van der Waals surface area contributed by atoms with E-state index < -0.39 is 0 Å². The molecule has 1 aliphatic heterocycles. The number of benzene rings is 1. The van der Waals surface area contributed by atoms with Crippen LogP contribution < -0.4 is 10.2 Å².